The molecule has 2 aromatic carbocycles. The van der Waals surface area contributed by atoms with Crippen LogP contribution in [-0.2, 0) is 27.2 Å². The van der Waals surface area contributed by atoms with Crippen molar-refractivity contribution < 1.29 is 42.2 Å². The van der Waals surface area contributed by atoms with Gasteiger partial charge in [0.25, 0.3) is 0 Å². The fraction of sp³-hybridized carbons (Fsp3) is 0.333. The van der Waals surface area contributed by atoms with Crippen LogP contribution < -0.4 is 15.4 Å². The standard InChI is InChI=1S/C21H24BF3N2O6/c1-13-6-8-15(9-7-13)11-18(33-22(30)31)27-20(29)14(2)19(28)26-12-16-4-3-5-17(10-16)32-21(23,24)25/h3-10,14,18,30-31H,11-12H2,1-2H3,(H,26,28)(H,27,29)/t14-,18+/m0/s1. The van der Waals surface area contributed by atoms with Gasteiger partial charge in [0.2, 0.25) is 11.8 Å². The summed E-state index contributed by atoms with van der Waals surface area (Å²) < 4.78 is 45.8. The number of hydrogen-bond donors (Lipinski definition) is 4. The SMILES string of the molecule is Cc1ccc(C[C@H](NC(=O)[C@@H](C)C(=O)NCc2cccc(OC(F)(F)F)c2)OB(O)O)cc1. The number of halogens is 3. The number of benzene rings is 2. The molecule has 8 nitrogen and oxygen atoms in total. The van der Waals surface area contributed by atoms with Gasteiger partial charge in [-0.3, -0.25) is 9.59 Å². The highest BCUT2D eigenvalue weighted by Crippen LogP contribution is 2.23. The maximum absolute atomic E-state index is 12.5. The summed E-state index contributed by atoms with van der Waals surface area (Å²) in [5.41, 5.74) is 2.11. The average Bonchev–Trinajstić information content (AvgIpc) is 2.71. The summed E-state index contributed by atoms with van der Waals surface area (Å²) in [5.74, 6) is -3.05. The van der Waals surface area contributed by atoms with Crippen molar-refractivity contribution >= 4 is 19.1 Å². The fourth-order valence-corrected chi connectivity index (χ4v) is 2.82. The van der Waals surface area contributed by atoms with Crippen molar-refractivity contribution in [3.63, 3.8) is 0 Å². The summed E-state index contributed by atoms with van der Waals surface area (Å²) in [4.78, 5) is 24.8. The minimum absolute atomic E-state index is 0.115. The topological polar surface area (TPSA) is 117 Å². The van der Waals surface area contributed by atoms with E-state index in [9.17, 15) is 22.8 Å². The van der Waals surface area contributed by atoms with Crippen molar-refractivity contribution in [3.05, 3.63) is 65.2 Å². The predicted octanol–water partition coefficient (Wildman–Crippen LogP) is 1.82. The second kappa shape index (κ2) is 11.7. The van der Waals surface area contributed by atoms with Gasteiger partial charge < -0.3 is 30.1 Å². The van der Waals surface area contributed by atoms with E-state index >= 15 is 0 Å². The van der Waals surface area contributed by atoms with Crippen LogP contribution in [-0.4, -0.2) is 41.8 Å². The van der Waals surface area contributed by atoms with Crippen molar-refractivity contribution in [1.82, 2.24) is 10.6 Å². The van der Waals surface area contributed by atoms with Gasteiger partial charge >= 0.3 is 13.7 Å². The number of carbonyl (C=O) groups is 2. The van der Waals surface area contributed by atoms with Crippen LogP contribution in [0.25, 0.3) is 0 Å². The third kappa shape index (κ3) is 9.52. The highest BCUT2D eigenvalue weighted by Gasteiger charge is 2.31. The molecule has 12 heteroatoms. The van der Waals surface area contributed by atoms with Crippen LogP contribution in [0, 0.1) is 12.8 Å². The van der Waals surface area contributed by atoms with E-state index in [0.29, 0.717) is 5.56 Å². The predicted molar refractivity (Wildman–Crippen MR) is 112 cm³/mol. The van der Waals surface area contributed by atoms with E-state index < -0.39 is 43.4 Å². The van der Waals surface area contributed by atoms with Gasteiger partial charge in [-0.2, -0.15) is 0 Å². The Hall–Kier alpha value is -3.09. The molecule has 0 heterocycles. The van der Waals surface area contributed by atoms with Gasteiger partial charge in [0.05, 0.1) is 0 Å². The van der Waals surface area contributed by atoms with E-state index in [4.69, 9.17) is 14.7 Å². The largest absolute Gasteiger partial charge is 0.635 e. The smallest absolute Gasteiger partial charge is 0.406 e. The molecular weight excluding hydrogens is 444 g/mol. The number of hydrogen-bond acceptors (Lipinski definition) is 6. The quantitative estimate of drug-likeness (QED) is 0.240. The number of rotatable bonds is 10. The number of carbonyl (C=O) groups excluding carboxylic acids is 2. The molecule has 2 amide bonds. The summed E-state index contributed by atoms with van der Waals surface area (Å²) in [6.45, 7) is 3.09. The Labute approximate surface area is 188 Å². The first-order valence-corrected chi connectivity index (χ1v) is 9.93. The average molecular weight is 468 g/mol. The van der Waals surface area contributed by atoms with Gasteiger partial charge in [0, 0.05) is 13.0 Å². The van der Waals surface area contributed by atoms with Crippen LogP contribution in [0.5, 0.6) is 5.75 Å². The van der Waals surface area contributed by atoms with Crippen molar-refractivity contribution in [3.8, 4) is 5.75 Å². The third-order valence-corrected chi connectivity index (χ3v) is 4.52. The molecule has 0 fully saturated rings. The molecule has 0 aliphatic rings. The first-order valence-electron chi connectivity index (χ1n) is 9.93. The van der Waals surface area contributed by atoms with Gasteiger partial charge in [-0.1, -0.05) is 42.0 Å². The maximum Gasteiger partial charge on any atom is 0.635 e. The second-order valence-corrected chi connectivity index (χ2v) is 7.28. The minimum atomic E-state index is -4.84. The molecule has 0 radical (unpaired) electrons. The molecule has 2 rings (SSSR count). The molecule has 0 bridgehead atoms. The van der Waals surface area contributed by atoms with Gasteiger partial charge in [-0.15, -0.1) is 13.2 Å². The molecule has 0 saturated carbocycles. The lowest BCUT2D eigenvalue weighted by molar-refractivity contribution is -0.274. The van der Waals surface area contributed by atoms with Crippen LogP contribution in [0.4, 0.5) is 13.2 Å². The molecule has 0 saturated heterocycles. The van der Waals surface area contributed by atoms with Crippen LogP contribution in [0.2, 0.25) is 0 Å². The molecule has 4 N–H and O–H groups in total. The van der Waals surface area contributed by atoms with Crippen molar-refractivity contribution in [1.29, 1.82) is 0 Å². The Kier molecular flexibility index (Phi) is 9.27. The summed E-state index contributed by atoms with van der Waals surface area (Å²) in [5, 5.41) is 23.2. The zero-order chi connectivity index (χ0) is 24.6. The van der Waals surface area contributed by atoms with E-state index in [0.717, 1.165) is 23.3 Å². The number of amides is 2. The summed E-state index contributed by atoms with van der Waals surface area (Å²) >= 11 is 0. The van der Waals surface area contributed by atoms with E-state index in [2.05, 4.69) is 15.4 Å². The van der Waals surface area contributed by atoms with E-state index in [1.807, 2.05) is 19.1 Å². The monoisotopic (exact) mass is 468 g/mol. The van der Waals surface area contributed by atoms with Crippen LogP contribution in [0.3, 0.4) is 0 Å². The van der Waals surface area contributed by atoms with Crippen LogP contribution >= 0.6 is 0 Å². The van der Waals surface area contributed by atoms with Gasteiger partial charge in [0.15, 0.2) is 0 Å². The van der Waals surface area contributed by atoms with E-state index in [1.165, 1.54) is 19.1 Å². The first kappa shape index (κ1) is 26.2. The van der Waals surface area contributed by atoms with Crippen molar-refractivity contribution in [2.45, 2.75) is 39.4 Å². The molecule has 0 spiro atoms. The Morgan fingerprint density at radius 2 is 1.73 bits per heavy atom. The number of alkyl halides is 3. The summed E-state index contributed by atoms with van der Waals surface area (Å²) in [6, 6.07) is 12.3. The lowest BCUT2D eigenvalue weighted by Crippen LogP contribution is -2.47. The van der Waals surface area contributed by atoms with Crippen LogP contribution in [0.1, 0.15) is 23.6 Å². The van der Waals surface area contributed by atoms with E-state index in [-0.39, 0.29) is 13.0 Å². The molecular formula is C21H24BF3N2O6. The highest BCUT2D eigenvalue weighted by atomic mass is 19.4. The van der Waals surface area contributed by atoms with Crippen molar-refractivity contribution in [2.24, 2.45) is 5.92 Å². The zero-order valence-corrected chi connectivity index (χ0v) is 17.9. The first-order chi connectivity index (χ1) is 15.4. The number of nitrogens with one attached hydrogen (secondary N) is 2. The lowest BCUT2D eigenvalue weighted by Gasteiger charge is -2.21. The molecule has 0 aliphatic heterocycles. The van der Waals surface area contributed by atoms with Gasteiger partial charge in [-0.25, -0.2) is 0 Å². The molecule has 2 atom stereocenters. The van der Waals surface area contributed by atoms with Crippen LogP contribution in [0.15, 0.2) is 48.5 Å². The van der Waals surface area contributed by atoms with E-state index in [1.54, 1.807) is 12.1 Å². The van der Waals surface area contributed by atoms with Gasteiger partial charge in [-0.05, 0) is 37.1 Å². The number of ether oxygens (including phenoxy) is 1. The minimum Gasteiger partial charge on any atom is -0.406 e. The zero-order valence-electron chi connectivity index (χ0n) is 17.9. The normalized spacial score (nSPS) is 13.1. The highest BCUT2D eigenvalue weighted by molar-refractivity contribution is 6.32. The molecule has 2 aromatic rings. The molecule has 33 heavy (non-hydrogen) atoms. The molecule has 0 unspecified atom stereocenters. The Morgan fingerprint density at radius 1 is 1.06 bits per heavy atom. The second-order valence-electron chi connectivity index (χ2n) is 7.28. The Balaban J connectivity index is 1.94. The Morgan fingerprint density at radius 3 is 2.33 bits per heavy atom. The molecule has 0 aliphatic carbocycles. The summed E-state index contributed by atoms with van der Waals surface area (Å²) in [7, 11) is -2.14. The molecule has 0 aromatic heterocycles. The fourth-order valence-electron chi connectivity index (χ4n) is 2.82. The Bertz CT molecular complexity index is 940. The number of aryl methyl sites for hydroxylation is 1. The lowest BCUT2D eigenvalue weighted by atomic mass is 10.1. The molecule has 178 valence electrons. The summed E-state index contributed by atoms with van der Waals surface area (Å²) in [6.07, 6.45) is -5.84. The third-order valence-electron chi connectivity index (χ3n) is 4.52. The maximum atomic E-state index is 12.5. The van der Waals surface area contributed by atoms with Crippen molar-refractivity contribution in [2.75, 3.05) is 0 Å². The van der Waals surface area contributed by atoms with Gasteiger partial charge in [0.1, 0.15) is 17.9 Å².